The predicted octanol–water partition coefficient (Wildman–Crippen LogP) is 4.35. The third-order valence-electron chi connectivity index (χ3n) is 6.88. The zero-order chi connectivity index (χ0) is 22.8. The quantitative estimate of drug-likeness (QED) is 0.589. The van der Waals surface area contributed by atoms with E-state index in [0.717, 1.165) is 73.1 Å². The molecule has 33 heavy (non-hydrogen) atoms. The van der Waals surface area contributed by atoms with Gasteiger partial charge in [-0.2, -0.15) is 0 Å². The number of nitrogens with zero attached hydrogens (tertiary/aromatic N) is 5. The molecule has 0 saturated carbocycles. The van der Waals surface area contributed by atoms with Crippen molar-refractivity contribution in [1.29, 1.82) is 0 Å². The van der Waals surface area contributed by atoms with Gasteiger partial charge in [0, 0.05) is 36.3 Å². The van der Waals surface area contributed by atoms with Crippen LogP contribution in [-0.4, -0.2) is 38.8 Å². The fourth-order valence-corrected chi connectivity index (χ4v) is 4.89. The highest BCUT2D eigenvalue weighted by Crippen LogP contribution is 2.33. The minimum absolute atomic E-state index is 0.150. The van der Waals surface area contributed by atoms with Crippen LogP contribution in [0.4, 0.5) is 5.82 Å². The Labute approximate surface area is 195 Å². The van der Waals surface area contributed by atoms with Crippen molar-refractivity contribution >= 4 is 11.7 Å². The maximum atomic E-state index is 12.9. The number of piperidine rings is 1. The lowest BCUT2D eigenvalue weighted by molar-refractivity contribution is -0.119. The van der Waals surface area contributed by atoms with Crippen LogP contribution < -0.4 is 4.90 Å². The Morgan fingerprint density at radius 1 is 0.939 bits per heavy atom. The van der Waals surface area contributed by atoms with E-state index in [1.54, 1.807) is 0 Å². The minimum Gasteiger partial charge on any atom is -0.297 e. The summed E-state index contributed by atoms with van der Waals surface area (Å²) in [6.45, 7) is 7.61. The smallest absolute Gasteiger partial charge is 0.228 e. The summed E-state index contributed by atoms with van der Waals surface area (Å²) in [5.74, 6) is 2.20. The summed E-state index contributed by atoms with van der Waals surface area (Å²) in [6, 6.07) is 14.5. The third kappa shape index (κ3) is 4.81. The van der Waals surface area contributed by atoms with Gasteiger partial charge in [0.2, 0.25) is 5.91 Å². The number of hydrogen-bond donors (Lipinski definition) is 0. The van der Waals surface area contributed by atoms with Gasteiger partial charge in [0.05, 0.1) is 12.2 Å². The Morgan fingerprint density at radius 3 is 2.45 bits per heavy atom. The van der Waals surface area contributed by atoms with Crippen LogP contribution in [0.2, 0.25) is 0 Å². The molecule has 2 aliphatic rings. The summed E-state index contributed by atoms with van der Waals surface area (Å²) >= 11 is 0. The SMILES string of the molecule is Cc1ccc(CN2C(=O)CCc3c(C)nc(C4CCN(Cc5ccccn5)CC4)nc32)cc1. The molecule has 1 aromatic carbocycles. The molecular formula is C27H31N5O. The first-order valence-corrected chi connectivity index (χ1v) is 11.9. The van der Waals surface area contributed by atoms with Crippen molar-refractivity contribution in [1.82, 2.24) is 19.9 Å². The Bertz CT molecular complexity index is 1120. The topological polar surface area (TPSA) is 62.2 Å². The fraction of sp³-hybridized carbons (Fsp3) is 0.407. The fourth-order valence-electron chi connectivity index (χ4n) is 4.89. The summed E-state index contributed by atoms with van der Waals surface area (Å²) in [6.07, 6.45) is 5.16. The first-order valence-electron chi connectivity index (χ1n) is 11.9. The van der Waals surface area contributed by atoms with Crippen LogP contribution in [0, 0.1) is 13.8 Å². The van der Waals surface area contributed by atoms with Crippen molar-refractivity contribution in [2.75, 3.05) is 18.0 Å². The monoisotopic (exact) mass is 441 g/mol. The minimum atomic E-state index is 0.150. The van der Waals surface area contributed by atoms with Gasteiger partial charge >= 0.3 is 0 Å². The lowest BCUT2D eigenvalue weighted by Gasteiger charge is -2.33. The average Bonchev–Trinajstić information content (AvgIpc) is 2.83. The highest BCUT2D eigenvalue weighted by Gasteiger charge is 2.30. The molecule has 1 amide bonds. The second kappa shape index (κ2) is 9.40. The van der Waals surface area contributed by atoms with E-state index in [-0.39, 0.29) is 5.91 Å². The number of carbonyl (C=O) groups excluding carboxylic acids is 1. The number of hydrogen-bond acceptors (Lipinski definition) is 5. The molecule has 0 aliphatic carbocycles. The number of aryl methyl sites for hydroxylation is 2. The lowest BCUT2D eigenvalue weighted by atomic mass is 9.94. The van der Waals surface area contributed by atoms with Gasteiger partial charge in [0.1, 0.15) is 11.6 Å². The number of carbonyl (C=O) groups is 1. The lowest BCUT2D eigenvalue weighted by Crippen LogP contribution is -2.37. The first-order chi connectivity index (χ1) is 16.1. The van der Waals surface area contributed by atoms with Gasteiger partial charge in [-0.3, -0.25) is 19.6 Å². The van der Waals surface area contributed by atoms with E-state index in [4.69, 9.17) is 9.97 Å². The number of fused-ring (bicyclic) bond motifs is 1. The van der Waals surface area contributed by atoms with Crippen LogP contribution in [0.3, 0.4) is 0 Å². The molecule has 0 atom stereocenters. The van der Waals surface area contributed by atoms with E-state index in [9.17, 15) is 4.79 Å². The van der Waals surface area contributed by atoms with Gasteiger partial charge in [-0.1, -0.05) is 35.9 Å². The number of anilines is 1. The highest BCUT2D eigenvalue weighted by atomic mass is 16.2. The third-order valence-corrected chi connectivity index (χ3v) is 6.88. The number of rotatable bonds is 5. The van der Waals surface area contributed by atoms with Crippen LogP contribution in [0.5, 0.6) is 0 Å². The van der Waals surface area contributed by atoms with Crippen molar-refractivity contribution in [3.63, 3.8) is 0 Å². The number of amides is 1. The van der Waals surface area contributed by atoms with E-state index >= 15 is 0 Å². The van der Waals surface area contributed by atoms with Crippen molar-refractivity contribution in [2.45, 2.75) is 58.5 Å². The van der Waals surface area contributed by atoms with Crippen molar-refractivity contribution in [2.24, 2.45) is 0 Å². The molecule has 1 saturated heterocycles. The number of pyridine rings is 1. The van der Waals surface area contributed by atoms with Crippen molar-refractivity contribution in [3.05, 3.63) is 82.6 Å². The first kappa shape index (κ1) is 21.7. The van der Waals surface area contributed by atoms with Crippen LogP contribution in [-0.2, 0) is 24.3 Å². The molecule has 3 aromatic rings. The van der Waals surface area contributed by atoms with Gasteiger partial charge < -0.3 is 0 Å². The zero-order valence-electron chi connectivity index (χ0n) is 19.5. The van der Waals surface area contributed by atoms with Gasteiger partial charge in [-0.15, -0.1) is 0 Å². The maximum absolute atomic E-state index is 12.9. The Hall–Kier alpha value is -3.12. The second-order valence-electron chi connectivity index (χ2n) is 9.31. The molecule has 1 fully saturated rings. The predicted molar refractivity (Wildman–Crippen MR) is 129 cm³/mol. The van der Waals surface area contributed by atoms with E-state index < -0.39 is 0 Å². The maximum Gasteiger partial charge on any atom is 0.228 e. The number of benzene rings is 1. The molecule has 2 aliphatic heterocycles. The van der Waals surface area contributed by atoms with Crippen LogP contribution in [0.25, 0.3) is 0 Å². The molecule has 0 radical (unpaired) electrons. The van der Waals surface area contributed by atoms with E-state index in [0.29, 0.717) is 18.9 Å². The van der Waals surface area contributed by atoms with Gasteiger partial charge in [-0.05, 0) is 63.9 Å². The second-order valence-corrected chi connectivity index (χ2v) is 9.31. The molecule has 6 nitrogen and oxygen atoms in total. The Morgan fingerprint density at radius 2 is 1.73 bits per heavy atom. The van der Waals surface area contributed by atoms with Gasteiger partial charge in [0.15, 0.2) is 0 Å². The Balaban J connectivity index is 1.34. The summed E-state index contributed by atoms with van der Waals surface area (Å²) < 4.78 is 0. The standard InChI is InChI=1S/C27H31N5O/c1-19-6-8-21(9-7-19)17-32-25(33)11-10-24-20(2)29-26(30-27(24)32)22-12-15-31(16-13-22)18-23-5-3-4-14-28-23/h3-9,14,22H,10-13,15-18H2,1-2H3. The van der Waals surface area contributed by atoms with Crippen LogP contribution in [0.1, 0.15) is 59.1 Å². The summed E-state index contributed by atoms with van der Waals surface area (Å²) in [5.41, 5.74) is 5.61. The molecule has 2 aromatic heterocycles. The number of aromatic nitrogens is 3. The van der Waals surface area contributed by atoms with Gasteiger partial charge in [-0.25, -0.2) is 9.97 Å². The summed E-state index contributed by atoms with van der Waals surface area (Å²) in [7, 11) is 0. The molecule has 0 spiro atoms. The molecule has 0 N–H and O–H groups in total. The molecular weight excluding hydrogens is 410 g/mol. The number of likely N-dealkylation sites (tertiary alicyclic amines) is 1. The summed E-state index contributed by atoms with van der Waals surface area (Å²) in [5, 5.41) is 0. The summed E-state index contributed by atoms with van der Waals surface area (Å²) in [4.78, 5) is 31.6. The molecule has 0 bridgehead atoms. The molecule has 170 valence electrons. The average molecular weight is 442 g/mol. The molecule has 4 heterocycles. The van der Waals surface area contributed by atoms with E-state index in [1.807, 2.05) is 23.2 Å². The molecule has 0 unspecified atom stereocenters. The van der Waals surface area contributed by atoms with Crippen LogP contribution >= 0.6 is 0 Å². The normalized spacial score (nSPS) is 17.3. The zero-order valence-corrected chi connectivity index (χ0v) is 19.5. The van der Waals surface area contributed by atoms with Gasteiger partial charge in [0.25, 0.3) is 0 Å². The Kier molecular flexibility index (Phi) is 6.18. The molecule has 5 rings (SSSR count). The van der Waals surface area contributed by atoms with E-state index in [2.05, 4.69) is 54.1 Å². The van der Waals surface area contributed by atoms with Crippen molar-refractivity contribution < 1.29 is 4.79 Å². The van der Waals surface area contributed by atoms with Crippen molar-refractivity contribution in [3.8, 4) is 0 Å². The molecule has 6 heteroatoms. The largest absolute Gasteiger partial charge is 0.297 e. The van der Waals surface area contributed by atoms with E-state index in [1.165, 1.54) is 5.56 Å². The van der Waals surface area contributed by atoms with Crippen LogP contribution in [0.15, 0.2) is 48.7 Å². The highest BCUT2D eigenvalue weighted by molar-refractivity contribution is 5.95.